The minimum atomic E-state index is -0.128. The zero-order valence-electron chi connectivity index (χ0n) is 12.0. The first-order chi connectivity index (χ1) is 10.1. The van der Waals surface area contributed by atoms with Crippen molar-refractivity contribution in [2.45, 2.75) is 19.4 Å². The van der Waals surface area contributed by atoms with Crippen LogP contribution in [0.2, 0.25) is 0 Å². The van der Waals surface area contributed by atoms with Gasteiger partial charge in [0.05, 0.1) is 6.04 Å². The standard InChI is InChI=1S/C13H18N6OS/c1-9(10-3-6-15-7-4-10)19(2)13(20)16-8-5-11-17-18-12(14)21-11/h3-4,6-7,9H,5,8H2,1-2H3,(H2,14,18)(H,16,20)/t9-/m0/s1. The van der Waals surface area contributed by atoms with Crippen LogP contribution in [0.25, 0.3) is 0 Å². The summed E-state index contributed by atoms with van der Waals surface area (Å²) in [4.78, 5) is 17.7. The maximum Gasteiger partial charge on any atom is 0.317 e. The number of aromatic nitrogens is 3. The Labute approximate surface area is 127 Å². The molecule has 8 heteroatoms. The van der Waals surface area contributed by atoms with Gasteiger partial charge in [0.25, 0.3) is 0 Å². The number of nitrogen functional groups attached to an aromatic ring is 1. The van der Waals surface area contributed by atoms with E-state index in [0.717, 1.165) is 10.6 Å². The van der Waals surface area contributed by atoms with Crippen molar-refractivity contribution in [1.82, 2.24) is 25.4 Å². The van der Waals surface area contributed by atoms with Crippen molar-refractivity contribution in [2.24, 2.45) is 0 Å². The van der Waals surface area contributed by atoms with E-state index in [9.17, 15) is 4.79 Å². The fraction of sp³-hybridized carbons (Fsp3) is 0.385. The molecule has 0 saturated heterocycles. The highest BCUT2D eigenvalue weighted by molar-refractivity contribution is 7.15. The number of hydrogen-bond donors (Lipinski definition) is 2. The van der Waals surface area contributed by atoms with Gasteiger partial charge in [-0.05, 0) is 24.6 Å². The summed E-state index contributed by atoms with van der Waals surface area (Å²) >= 11 is 1.33. The number of nitrogens with zero attached hydrogens (tertiary/aromatic N) is 4. The molecule has 2 aromatic heterocycles. The van der Waals surface area contributed by atoms with Crippen LogP contribution >= 0.6 is 11.3 Å². The lowest BCUT2D eigenvalue weighted by atomic mass is 10.1. The first kappa shape index (κ1) is 15.2. The van der Waals surface area contributed by atoms with Crippen LogP contribution in [0.15, 0.2) is 24.5 Å². The van der Waals surface area contributed by atoms with Gasteiger partial charge in [0, 0.05) is 32.4 Å². The van der Waals surface area contributed by atoms with E-state index in [4.69, 9.17) is 5.73 Å². The van der Waals surface area contributed by atoms with Crippen LogP contribution in [0.5, 0.6) is 0 Å². The topological polar surface area (TPSA) is 97.0 Å². The molecule has 1 atom stereocenters. The van der Waals surface area contributed by atoms with E-state index in [2.05, 4.69) is 20.5 Å². The molecule has 0 aliphatic heterocycles. The highest BCUT2D eigenvalue weighted by atomic mass is 32.1. The Morgan fingerprint density at radius 3 is 2.76 bits per heavy atom. The number of urea groups is 1. The van der Waals surface area contributed by atoms with Gasteiger partial charge in [-0.15, -0.1) is 10.2 Å². The van der Waals surface area contributed by atoms with Crippen LogP contribution in [0.1, 0.15) is 23.5 Å². The lowest BCUT2D eigenvalue weighted by molar-refractivity contribution is 0.194. The molecule has 3 N–H and O–H groups in total. The van der Waals surface area contributed by atoms with Crippen molar-refractivity contribution in [3.8, 4) is 0 Å². The van der Waals surface area contributed by atoms with E-state index < -0.39 is 0 Å². The summed E-state index contributed by atoms with van der Waals surface area (Å²) < 4.78 is 0. The number of hydrogen-bond acceptors (Lipinski definition) is 6. The van der Waals surface area contributed by atoms with Gasteiger partial charge >= 0.3 is 6.03 Å². The number of nitrogens with one attached hydrogen (secondary N) is 1. The number of nitrogens with two attached hydrogens (primary N) is 1. The van der Waals surface area contributed by atoms with E-state index >= 15 is 0 Å². The monoisotopic (exact) mass is 306 g/mol. The third kappa shape index (κ3) is 4.12. The lowest BCUT2D eigenvalue weighted by Gasteiger charge is -2.25. The van der Waals surface area contributed by atoms with Crippen LogP contribution in [0, 0.1) is 0 Å². The molecule has 2 heterocycles. The molecule has 112 valence electrons. The third-order valence-corrected chi connectivity index (χ3v) is 4.00. The summed E-state index contributed by atoms with van der Waals surface area (Å²) in [7, 11) is 1.77. The predicted octanol–water partition coefficient (Wildman–Crippen LogP) is 1.46. The summed E-state index contributed by atoms with van der Waals surface area (Å²) in [5, 5.41) is 11.8. The molecule has 0 spiro atoms. The van der Waals surface area contributed by atoms with E-state index in [1.54, 1.807) is 24.3 Å². The number of pyridine rings is 1. The summed E-state index contributed by atoms with van der Waals surface area (Å²) in [6, 6.07) is 3.65. The molecule has 0 aliphatic rings. The van der Waals surface area contributed by atoms with Crippen molar-refractivity contribution in [2.75, 3.05) is 19.3 Å². The van der Waals surface area contributed by atoms with Gasteiger partial charge in [-0.3, -0.25) is 4.98 Å². The molecule has 0 aromatic carbocycles. The SMILES string of the molecule is C[C@@H](c1ccncc1)N(C)C(=O)NCCc1nnc(N)s1. The van der Waals surface area contributed by atoms with Gasteiger partial charge < -0.3 is 16.0 Å². The highest BCUT2D eigenvalue weighted by Gasteiger charge is 2.16. The Hall–Kier alpha value is -2.22. The molecule has 2 amide bonds. The largest absolute Gasteiger partial charge is 0.374 e. The number of rotatable bonds is 5. The minimum Gasteiger partial charge on any atom is -0.374 e. The Kier molecular flexibility index (Phi) is 5.04. The van der Waals surface area contributed by atoms with E-state index in [0.29, 0.717) is 18.1 Å². The maximum absolute atomic E-state index is 12.1. The van der Waals surface area contributed by atoms with Gasteiger partial charge in [0.1, 0.15) is 5.01 Å². The second-order valence-corrected chi connectivity index (χ2v) is 5.68. The van der Waals surface area contributed by atoms with E-state index in [-0.39, 0.29) is 12.1 Å². The number of anilines is 1. The average molecular weight is 306 g/mol. The quantitative estimate of drug-likeness (QED) is 0.871. The summed E-state index contributed by atoms with van der Waals surface area (Å²) in [5.41, 5.74) is 6.55. The number of amides is 2. The maximum atomic E-state index is 12.1. The van der Waals surface area contributed by atoms with Gasteiger partial charge in [-0.1, -0.05) is 11.3 Å². The molecule has 0 bridgehead atoms. The normalized spacial score (nSPS) is 11.9. The molecule has 21 heavy (non-hydrogen) atoms. The van der Waals surface area contributed by atoms with Crippen molar-refractivity contribution in [3.05, 3.63) is 35.1 Å². The molecule has 0 saturated carbocycles. The van der Waals surface area contributed by atoms with Crippen LogP contribution < -0.4 is 11.1 Å². The molecule has 0 unspecified atom stereocenters. The molecule has 7 nitrogen and oxygen atoms in total. The van der Waals surface area contributed by atoms with Crippen LogP contribution in [-0.4, -0.2) is 39.7 Å². The predicted molar refractivity (Wildman–Crippen MR) is 81.8 cm³/mol. The van der Waals surface area contributed by atoms with E-state index in [1.807, 2.05) is 19.1 Å². The summed E-state index contributed by atoms with van der Waals surface area (Å²) in [5.74, 6) is 0. The Morgan fingerprint density at radius 2 is 2.14 bits per heavy atom. The second kappa shape index (κ2) is 6.98. The molecular weight excluding hydrogens is 288 g/mol. The van der Waals surface area contributed by atoms with Crippen molar-refractivity contribution in [3.63, 3.8) is 0 Å². The molecule has 0 fully saturated rings. The van der Waals surface area contributed by atoms with Gasteiger partial charge in [-0.2, -0.15) is 0 Å². The van der Waals surface area contributed by atoms with Crippen LogP contribution in [0.4, 0.5) is 9.93 Å². The Balaban J connectivity index is 1.82. The third-order valence-electron chi connectivity index (χ3n) is 3.19. The van der Waals surface area contributed by atoms with Gasteiger partial charge in [-0.25, -0.2) is 4.79 Å². The Bertz CT molecular complexity index is 587. The fourth-order valence-corrected chi connectivity index (χ4v) is 2.42. The minimum absolute atomic E-state index is 0.0230. The van der Waals surface area contributed by atoms with Gasteiger partial charge in [0.2, 0.25) is 5.13 Å². The van der Waals surface area contributed by atoms with Crippen molar-refractivity contribution in [1.29, 1.82) is 0 Å². The first-order valence-electron chi connectivity index (χ1n) is 6.56. The van der Waals surface area contributed by atoms with Crippen molar-refractivity contribution >= 4 is 22.5 Å². The first-order valence-corrected chi connectivity index (χ1v) is 7.38. The summed E-state index contributed by atoms with van der Waals surface area (Å²) in [6.45, 7) is 2.47. The molecule has 2 rings (SSSR count). The smallest absolute Gasteiger partial charge is 0.317 e. The second-order valence-electron chi connectivity index (χ2n) is 4.58. The molecule has 2 aromatic rings. The Morgan fingerprint density at radius 1 is 1.43 bits per heavy atom. The summed E-state index contributed by atoms with van der Waals surface area (Å²) in [6.07, 6.45) is 4.06. The molecular formula is C13H18N6OS. The van der Waals surface area contributed by atoms with Crippen LogP contribution in [-0.2, 0) is 6.42 Å². The zero-order valence-corrected chi connectivity index (χ0v) is 12.8. The lowest BCUT2D eigenvalue weighted by Crippen LogP contribution is -2.39. The van der Waals surface area contributed by atoms with Crippen molar-refractivity contribution < 1.29 is 4.79 Å². The molecule has 0 radical (unpaired) electrons. The zero-order chi connectivity index (χ0) is 15.2. The highest BCUT2D eigenvalue weighted by Crippen LogP contribution is 2.17. The average Bonchev–Trinajstić information content (AvgIpc) is 2.92. The van der Waals surface area contributed by atoms with Gasteiger partial charge in [0.15, 0.2) is 0 Å². The number of carbonyl (C=O) groups excluding carboxylic acids is 1. The van der Waals surface area contributed by atoms with Crippen LogP contribution in [0.3, 0.4) is 0 Å². The fourth-order valence-electron chi connectivity index (χ4n) is 1.81. The number of carbonyl (C=O) groups is 1. The molecule has 0 aliphatic carbocycles. The van der Waals surface area contributed by atoms with E-state index in [1.165, 1.54) is 11.3 Å².